The molecule has 0 saturated heterocycles. The van der Waals surface area contributed by atoms with E-state index in [2.05, 4.69) is 0 Å². The fourth-order valence-electron chi connectivity index (χ4n) is 1.10. The van der Waals surface area contributed by atoms with Crippen molar-refractivity contribution in [3.05, 3.63) is 39.9 Å². The standard InChI is InChI=1S/C10H11F2NO3/c11-9-4-3-8(7-10(9)12)16-6-2-1-5-13(14)15/h3-4,7H,1-2,5-6H2. The molecule has 1 aromatic rings. The molecule has 0 aliphatic rings. The van der Waals surface area contributed by atoms with Crippen LogP contribution in [0.5, 0.6) is 5.75 Å². The second kappa shape index (κ2) is 5.99. The van der Waals surface area contributed by atoms with Crippen LogP contribution in [0, 0.1) is 21.7 Å². The Labute approximate surface area is 91.0 Å². The third kappa shape index (κ3) is 4.20. The lowest BCUT2D eigenvalue weighted by Crippen LogP contribution is -2.04. The Bertz CT molecular complexity index is 371. The van der Waals surface area contributed by atoms with Crippen molar-refractivity contribution < 1.29 is 18.4 Å². The van der Waals surface area contributed by atoms with Gasteiger partial charge in [-0.1, -0.05) is 0 Å². The van der Waals surface area contributed by atoms with Crippen LogP contribution in [-0.4, -0.2) is 18.1 Å². The molecule has 0 aliphatic heterocycles. The molecule has 0 amide bonds. The van der Waals surface area contributed by atoms with Gasteiger partial charge in [-0.3, -0.25) is 10.1 Å². The smallest absolute Gasteiger partial charge is 0.204 e. The van der Waals surface area contributed by atoms with Crippen molar-refractivity contribution in [3.63, 3.8) is 0 Å². The average molecular weight is 231 g/mol. The molecular weight excluding hydrogens is 220 g/mol. The second-order valence-electron chi connectivity index (χ2n) is 3.19. The molecule has 1 aromatic carbocycles. The summed E-state index contributed by atoms with van der Waals surface area (Å²) in [6.45, 7) is 0.139. The summed E-state index contributed by atoms with van der Waals surface area (Å²) < 4.78 is 30.3. The van der Waals surface area contributed by atoms with Gasteiger partial charge in [0.05, 0.1) is 6.61 Å². The van der Waals surface area contributed by atoms with E-state index in [-0.39, 0.29) is 18.9 Å². The molecule has 4 nitrogen and oxygen atoms in total. The third-order valence-corrected chi connectivity index (χ3v) is 1.89. The van der Waals surface area contributed by atoms with E-state index < -0.39 is 16.6 Å². The van der Waals surface area contributed by atoms with E-state index in [0.717, 1.165) is 12.1 Å². The zero-order valence-electron chi connectivity index (χ0n) is 8.49. The quantitative estimate of drug-likeness (QED) is 0.429. The summed E-state index contributed by atoms with van der Waals surface area (Å²) >= 11 is 0. The summed E-state index contributed by atoms with van der Waals surface area (Å²) in [5.74, 6) is -1.68. The zero-order valence-corrected chi connectivity index (χ0v) is 8.49. The number of halogens is 2. The average Bonchev–Trinajstić information content (AvgIpc) is 2.22. The molecule has 16 heavy (non-hydrogen) atoms. The molecule has 0 saturated carbocycles. The number of hydrogen-bond acceptors (Lipinski definition) is 3. The van der Waals surface area contributed by atoms with Crippen LogP contribution in [0.3, 0.4) is 0 Å². The Hall–Kier alpha value is -1.72. The molecule has 0 unspecified atom stereocenters. The highest BCUT2D eigenvalue weighted by molar-refractivity contribution is 5.23. The molecule has 0 bridgehead atoms. The van der Waals surface area contributed by atoms with Gasteiger partial charge in [-0.2, -0.15) is 0 Å². The van der Waals surface area contributed by atoms with E-state index in [1.54, 1.807) is 0 Å². The third-order valence-electron chi connectivity index (χ3n) is 1.89. The van der Waals surface area contributed by atoms with Gasteiger partial charge in [0.25, 0.3) is 0 Å². The van der Waals surface area contributed by atoms with Crippen molar-refractivity contribution in [2.45, 2.75) is 12.8 Å². The number of ether oxygens (including phenoxy) is 1. The maximum Gasteiger partial charge on any atom is 0.204 e. The van der Waals surface area contributed by atoms with E-state index in [4.69, 9.17) is 4.74 Å². The Kier molecular flexibility index (Phi) is 4.63. The van der Waals surface area contributed by atoms with Crippen LogP contribution in [0.1, 0.15) is 12.8 Å². The SMILES string of the molecule is O=[N+]([O-])CCCCOc1ccc(F)c(F)c1. The van der Waals surface area contributed by atoms with Crippen molar-refractivity contribution >= 4 is 0 Å². The molecule has 0 spiro atoms. The van der Waals surface area contributed by atoms with Gasteiger partial charge < -0.3 is 4.74 Å². The van der Waals surface area contributed by atoms with Gasteiger partial charge >= 0.3 is 0 Å². The van der Waals surface area contributed by atoms with E-state index in [1.165, 1.54) is 6.07 Å². The van der Waals surface area contributed by atoms with Gasteiger partial charge in [-0.05, 0) is 18.6 Å². The topological polar surface area (TPSA) is 52.4 Å². The highest BCUT2D eigenvalue weighted by atomic mass is 19.2. The lowest BCUT2D eigenvalue weighted by Gasteiger charge is -2.05. The number of rotatable bonds is 6. The fourth-order valence-corrected chi connectivity index (χ4v) is 1.10. The van der Waals surface area contributed by atoms with Crippen LogP contribution < -0.4 is 4.74 Å². The normalized spacial score (nSPS) is 10.1. The molecule has 0 heterocycles. The minimum absolute atomic E-state index is 0.110. The van der Waals surface area contributed by atoms with Crippen molar-refractivity contribution in [3.8, 4) is 5.75 Å². The van der Waals surface area contributed by atoms with Crippen molar-refractivity contribution in [1.82, 2.24) is 0 Å². The highest BCUT2D eigenvalue weighted by Gasteiger charge is 2.03. The van der Waals surface area contributed by atoms with Crippen molar-refractivity contribution in [2.75, 3.05) is 13.2 Å². The Balaban J connectivity index is 2.27. The van der Waals surface area contributed by atoms with E-state index in [1.807, 2.05) is 0 Å². The molecule has 0 N–H and O–H groups in total. The summed E-state index contributed by atoms with van der Waals surface area (Å²) in [6.07, 6.45) is 0.899. The van der Waals surface area contributed by atoms with Gasteiger partial charge in [-0.15, -0.1) is 0 Å². The predicted molar refractivity (Wildman–Crippen MR) is 52.9 cm³/mol. The molecule has 0 radical (unpaired) electrons. The molecule has 0 atom stereocenters. The zero-order chi connectivity index (χ0) is 12.0. The minimum atomic E-state index is -0.970. The van der Waals surface area contributed by atoms with Crippen LogP contribution in [-0.2, 0) is 0 Å². The number of unbranched alkanes of at least 4 members (excludes halogenated alkanes) is 1. The summed E-state index contributed by atoms with van der Waals surface area (Å²) in [5, 5.41) is 9.99. The molecule has 0 fully saturated rings. The first-order valence-electron chi connectivity index (χ1n) is 4.79. The van der Waals surface area contributed by atoms with Gasteiger partial charge in [0, 0.05) is 17.4 Å². The van der Waals surface area contributed by atoms with Crippen LogP contribution >= 0.6 is 0 Å². The number of nitro groups is 1. The summed E-state index contributed by atoms with van der Waals surface area (Å²) in [6, 6.07) is 3.23. The first-order chi connectivity index (χ1) is 7.59. The van der Waals surface area contributed by atoms with Gasteiger partial charge in [0.2, 0.25) is 6.54 Å². The Morgan fingerprint density at radius 1 is 1.25 bits per heavy atom. The monoisotopic (exact) mass is 231 g/mol. The fraction of sp³-hybridized carbons (Fsp3) is 0.400. The molecular formula is C10H11F2NO3. The predicted octanol–water partition coefficient (Wildman–Crippen LogP) is 2.40. The number of benzene rings is 1. The van der Waals surface area contributed by atoms with E-state index in [9.17, 15) is 18.9 Å². The molecule has 0 aromatic heterocycles. The summed E-state index contributed by atoms with van der Waals surface area (Å²) in [7, 11) is 0. The second-order valence-corrected chi connectivity index (χ2v) is 3.19. The van der Waals surface area contributed by atoms with Crippen LogP contribution in [0.4, 0.5) is 8.78 Å². The highest BCUT2D eigenvalue weighted by Crippen LogP contribution is 2.15. The van der Waals surface area contributed by atoms with Crippen LogP contribution in [0.25, 0.3) is 0 Å². The van der Waals surface area contributed by atoms with Gasteiger partial charge in [0.1, 0.15) is 5.75 Å². The molecule has 88 valence electrons. The van der Waals surface area contributed by atoms with E-state index >= 15 is 0 Å². The maximum atomic E-state index is 12.7. The first kappa shape index (κ1) is 12.4. The largest absolute Gasteiger partial charge is 0.493 e. The Morgan fingerprint density at radius 3 is 2.62 bits per heavy atom. The minimum Gasteiger partial charge on any atom is -0.493 e. The number of nitrogens with zero attached hydrogens (tertiary/aromatic N) is 1. The lowest BCUT2D eigenvalue weighted by molar-refractivity contribution is -0.480. The van der Waals surface area contributed by atoms with Crippen molar-refractivity contribution in [2.24, 2.45) is 0 Å². The van der Waals surface area contributed by atoms with Crippen LogP contribution in [0.2, 0.25) is 0 Å². The molecule has 1 rings (SSSR count). The Morgan fingerprint density at radius 2 is 2.00 bits per heavy atom. The van der Waals surface area contributed by atoms with Gasteiger partial charge in [0.15, 0.2) is 11.6 Å². The maximum absolute atomic E-state index is 12.7. The van der Waals surface area contributed by atoms with E-state index in [0.29, 0.717) is 12.8 Å². The van der Waals surface area contributed by atoms with Gasteiger partial charge in [-0.25, -0.2) is 8.78 Å². The van der Waals surface area contributed by atoms with Crippen LogP contribution in [0.15, 0.2) is 18.2 Å². The van der Waals surface area contributed by atoms with Crippen molar-refractivity contribution in [1.29, 1.82) is 0 Å². The number of hydrogen-bond donors (Lipinski definition) is 0. The molecule has 6 heteroatoms. The first-order valence-corrected chi connectivity index (χ1v) is 4.79. The summed E-state index contributed by atoms with van der Waals surface area (Å²) in [4.78, 5) is 9.58. The summed E-state index contributed by atoms with van der Waals surface area (Å²) in [5.41, 5.74) is 0. The molecule has 0 aliphatic carbocycles. The lowest BCUT2D eigenvalue weighted by atomic mass is 10.3.